The maximum absolute atomic E-state index is 14.9. The lowest BCUT2D eigenvalue weighted by Crippen LogP contribution is -2.59. The molecule has 1 heterocycles. The zero-order valence-corrected chi connectivity index (χ0v) is 46.3. The summed E-state index contributed by atoms with van der Waals surface area (Å²) in [5.41, 5.74) is 0.333. The zero-order valence-electron chi connectivity index (χ0n) is 45.4. The summed E-state index contributed by atoms with van der Waals surface area (Å²) in [6.45, 7) is 7.60. The summed E-state index contributed by atoms with van der Waals surface area (Å²) in [4.78, 5) is 94.8. The third-order valence-electron chi connectivity index (χ3n) is 13.8. The Morgan fingerprint density at radius 2 is 1.35 bits per heavy atom. The van der Waals surface area contributed by atoms with E-state index in [0.717, 1.165) is 5.56 Å². The Morgan fingerprint density at radius 3 is 1.96 bits per heavy atom. The van der Waals surface area contributed by atoms with Crippen LogP contribution in [0.5, 0.6) is 17.2 Å². The molecule has 0 radical (unpaired) electrons. The van der Waals surface area contributed by atoms with Gasteiger partial charge in [0.25, 0.3) is 5.91 Å². The minimum absolute atomic E-state index is 0.0362. The third kappa shape index (κ3) is 14.9. The summed E-state index contributed by atoms with van der Waals surface area (Å²) in [5, 5.41) is 35.3. The number of carboxylic acids is 1. The highest BCUT2D eigenvalue weighted by atomic mass is 31.2. The van der Waals surface area contributed by atoms with Crippen LogP contribution in [0.15, 0.2) is 155 Å². The second kappa shape index (κ2) is 26.0. The van der Waals surface area contributed by atoms with Gasteiger partial charge in [-0.2, -0.15) is 0 Å². The normalized spacial score (nSPS) is 13.9. The van der Waals surface area contributed by atoms with Gasteiger partial charge in [-0.15, -0.1) is 0 Å². The fourth-order valence-electron chi connectivity index (χ4n) is 9.55. The van der Waals surface area contributed by atoms with E-state index in [1.807, 2.05) is 44.2 Å². The van der Waals surface area contributed by atoms with Crippen molar-refractivity contribution in [3.05, 3.63) is 173 Å². The van der Waals surface area contributed by atoms with E-state index in [2.05, 4.69) is 26.6 Å². The van der Waals surface area contributed by atoms with Gasteiger partial charge < -0.3 is 50.3 Å². The lowest BCUT2D eigenvalue weighted by atomic mass is 9.89. The average Bonchev–Trinajstić information content (AvgIpc) is 4.18. The SMILES string of the molecule is CC(C)C[C@H](NC(=O)CCCCCNC(=O)c1ccc(C(=O)O)c(-c2c3ccc(=O)cc-3oc3cc(O)ccc23)c1)C(=O)N[C@@H](Cc1ccccc1)C(=O)NC1(C(=O)N[C@@H](C(C)C)P(=O)(Oc2ccccc2)Oc2ccccc2)CC1. The summed E-state index contributed by atoms with van der Waals surface area (Å²) in [5.74, 6) is -4.92. The first-order valence-electron chi connectivity index (χ1n) is 27.0. The highest BCUT2D eigenvalue weighted by Crippen LogP contribution is 2.54. The molecular weight excluding hydrogens is 1050 g/mol. The first-order chi connectivity index (χ1) is 38.8. The number of phenols is 1. The number of rotatable bonds is 26. The quantitative estimate of drug-likeness (QED) is 0.0151. The Morgan fingerprint density at radius 1 is 0.691 bits per heavy atom. The Bertz CT molecular complexity index is 3430. The van der Waals surface area contributed by atoms with Crippen LogP contribution in [0, 0.1) is 11.8 Å². The molecule has 0 saturated heterocycles. The Balaban J connectivity index is 0.881. The largest absolute Gasteiger partial charge is 0.508 e. The van der Waals surface area contributed by atoms with Crippen LogP contribution in [0.3, 0.4) is 0 Å². The van der Waals surface area contributed by atoms with Gasteiger partial charge in [-0.25, -0.2) is 9.36 Å². The van der Waals surface area contributed by atoms with E-state index in [0.29, 0.717) is 35.8 Å². The molecule has 2 aliphatic carbocycles. The predicted molar refractivity (Wildman–Crippen MR) is 306 cm³/mol. The van der Waals surface area contributed by atoms with E-state index in [1.165, 1.54) is 48.5 Å². The van der Waals surface area contributed by atoms with Crippen LogP contribution in [-0.2, 0) is 30.2 Å². The number of para-hydroxylation sites is 2. The van der Waals surface area contributed by atoms with Crippen molar-refractivity contribution >= 4 is 54.1 Å². The fraction of sp³-hybridized carbons (Fsp3) is 0.306. The first-order valence-corrected chi connectivity index (χ1v) is 28.6. The van der Waals surface area contributed by atoms with Crippen molar-refractivity contribution in [3.8, 4) is 39.7 Å². The summed E-state index contributed by atoms with van der Waals surface area (Å²) >= 11 is 0. The standard InChI is InChI=1S/C62H66N5O13P/c1-38(2)33-50(64-54(70)23-15-8-16-32-63-56(71)41-24-27-46(60(74)75)49(35-41)55-47-28-25-42(68)36-52(47)78-53-37-43(69)26-29-48(53)55)57(72)65-51(34-40-17-9-5-10-18-40)58(73)67-62(30-31-62)61(76)66-59(39(3)4)81(77,79-44-19-11-6-12-20-44)80-45-21-13-7-14-22-45/h5-7,9-14,17-22,24-29,35-39,50-51,59,68H,8,15-16,23,30-34H2,1-4H3,(H,63,71)(H,64,70)(H,65,72)(H,66,76)(H,67,73)(H,74,75)/t50-,51-,59+/m0/s1. The number of hydrogen-bond donors (Lipinski definition) is 7. The molecule has 19 heteroatoms. The third-order valence-corrected chi connectivity index (χ3v) is 16.2. The molecule has 81 heavy (non-hydrogen) atoms. The number of nitrogens with one attached hydrogen (secondary N) is 5. The number of aromatic hydroxyl groups is 1. The highest BCUT2D eigenvalue weighted by molar-refractivity contribution is 7.55. The molecule has 0 spiro atoms. The van der Waals surface area contributed by atoms with Crippen LogP contribution in [-0.4, -0.2) is 75.7 Å². The number of unbranched alkanes of at least 4 members (excludes halogenated alkanes) is 2. The molecule has 5 aromatic rings. The van der Waals surface area contributed by atoms with Crippen molar-refractivity contribution in [2.45, 2.75) is 102 Å². The first kappa shape index (κ1) is 58.4. The second-order valence-electron chi connectivity index (χ2n) is 21.0. The van der Waals surface area contributed by atoms with Gasteiger partial charge in [-0.05, 0) is 122 Å². The molecule has 1 saturated carbocycles. The maximum atomic E-state index is 14.9. The van der Waals surface area contributed by atoms with Crippen LogP contribution in [0.1, 0.15) is 98.9 Å². The van der Waals surface area contributed by atoms with Gasteiger partial charge in [0.05, 0.1) is 5.56 Å². The number of amides is 5. The predicted octanol–water partition coefficient (Wildman–Crippen LogP) is 9.62. The van der Waals surface area contributed by atoms with Crippen LogP contribution in [0.2, 0.25) is 0 Å². The molecule has 5 aromatic carbocycles. The number of hydrogen-bond acceptors (Lipinski definition) is 12. The number of benzene rings is 6. The number of aromatic carboxylic acids is 1. The Labute approximate surface area is 468 Å². The van der Waals surface area contributed by atoms with Crippen LogP contribution >= 0.6 is 7.60 Å². The fourth-order valence-corrected chi connectivity index (χ4v) is 11.7. The van der Waals surface area contributed by atoms with E-state index in [1.54, 1.807) is 80.6 Å². The Kier molecular flexibility index (Phi) is 18.8. The van der Waals surface area contributed by atoms with Gasteiger partial charge in [-0.1, -0.05) is 101 Å². The summed E-state index contributed by atoms with van der Waals surface area (Å²) < 4.78 is 33.0. The van der Waals surface area contributed by atoms with Crippen molar-refractivity contribution in [1.82, 2.24) is 26.6 Å². The summed E-state index contributed by atoms with van der Waals surface area (Å²) in [6, 6.07) is 36.6. The van der Waals surface area contributed by atoms with E-state index < -0.39 is 66.5 Å². The van der Waals surface area contributed by atoms with E-state index >= 15 is 0 Å². The molecule has 422 valence electrons. The van der Waals surface area contributed by atoms with E-state index in [4.69, 9.17) is 13.5 Å². The van der Waals surface area contributed by atoms with Crippen LogP contribution < -0.4 is 41.1 Å². The van der Waals surface area contributed by atoms with Crippen molar-refractivity contribution in [3.63, 3.8) is 0 Å². The number of carboxylic acid groups (broad SMARTS) is 1. The van der Waals surface area contributed by atoms with E-state index in [9.17, 15) is 48.3 Å². The van der Waals surface area contributed by atoms with Crippen molar-refractivity contribution < 1.29 is 57.0 Å². The topological polar surface area (TPSA) is 269 Å². The van der Waals surface area contributed by atoms with Crippen molar-refractivity contribution in [2.75, 3.05) is 6.54 Å². The molecule has 5 amide bonds. The molecule has 18 nitrogen and oxygen atoms in total. The molecule has 3 aliphatic rings. The van der Waals surface area contributed by atoms with Crippen LogP contribution in [0.4, 0.5) is 0 Å². The van der Waals surface area contributed by atoms with Gasteiger partial charge in [0.15, 0.2) is 11.2 Å². The Hall–Kier alpha value is -8.76. The van der Waals surface area contributed by atoms with Gasteiger partial charge >= 0.3 is 13.6 Å². The van der Waals surface area contributed by atoms with E-state index in [-0.39, 0.29) is 101 Å². The molecule has 7 N–H and O–H groups in total. The van der Waals surface area contributed by atoms with Crippen molar-refractivity contribution in [1.29, 1.82) is 0 Å². The molecule has 3 atom stereocenters. The zero-order chi connectivity index (χ0) is 57.8. The summed E-state index contributed by atoms with van der Waals surface area (Å²) in [7, 11) is -4.21. The number of phenolic OH excluding ortho intramolecular Hbond substituents is 1. The van der Waals surface area contributed by atoms with Gasteiger partial charge in [0.1, 0.15) is 46.2 Å². The minimum atomic E-state index is -4.21. The molecule has 1 aliphatic heterocycles. The maximum Gasteiger partial charge on any atom is 0.453 e. The second-order valence-corrected chi connectivity index (χ2v) is 23.0. The molecule has 0 unspecified atom stereocenters. The lowest BCUT2D eigenvalue weighted by molar-refractivity contribution is -0.134. The highest BCUT2D eigenvalue weighted by Gasteiger charge is 2.54. The molecular formula is C62H66N5O13P. The number of fused-ring (bicyclic) bond motifs is 2. The van der Waals surface area contributed by atoms with Crippen molar-refractivity contribution in [2.24, 2.45) is 11.8 Å². The number of carbonyl (C=O) groups excluding carboxylic acids is 5. The van der Waals surface area contributed by atoms with Crippen LogP contribution in [0.25, 0.3) is 33.4 Å². The monoisotopic (exact) mass is 1120 g/mol. The summed E-state index contributed by atoms with van der Waals surface area (Å²) in [6.07, 6.45) is 2.37. The van der Waals surface area contributed by atoms with Gasteiger partial charge in [0, 0.05) is 53.6 Å². The minimum Gasteiger partial charge on any atom is -0.508 e. The smallest absolute Gasteiger partial charge is 0.453 e. The average molecular weight is 1120 g/mol. The molecule has 8 rings (SSSR count). The molecule has 0 aromatic heterocycles. The number of carbonyl (C=O) groups is 6. The van der Waals surface area contributed by atoms with Gasteiger partial charge in [-0.3, -0.25) is 28.8 Å². The lowest BCUT2D eigenvalue weighted by Gasteiger charge is -2.32. The molecule has 0 bridgehead atoms. The van der Waals surface area contributed by atoms with Gasteiger partial charge in [0.2, 0.25) is 23.6 Å². The molecule has 1 fully saturated rings.